The van der Waals surface area contributed by atoms with Gasteiger partial charge < -0.3 is 0 Å². The molecule has 0 atom stereocenters. The molecule has 0 aliphatic rings. The van der Waals surface area contributed by atoms with E-state index in [4.69, 9.17) is 0 Å². The first-order valence-electron chi connectivity index (χ1n) is 4.64. The van der Waals surface area contributed by atoms with Gasteiger partial charge in [-0.1, -0.05) is 0 Å². The second-order valence-corrected chi connectivity index (χ2v) is 6.43. The van der Waals surface area contributed by atoms with Crippen molar-refractivity contribution >= 4 is 17.5 Å². The summed E-state index contributed by atoms with van der Waals surface area (Å²) >= 11 is -5.87. The van der Waals surface area contributed by atoms with Crippen LogP contribution in [0.4, 0.5) is 22.0 Å². The molecule has 0 radical (unpaired) electrons. The van der Waals surface area contributed by atoms with E-state index in [9.17, 15) is 29.6 Å². The van der Waals surface area contributed by atoms with E-state index in [1.807, 2.05) is 0 Å². The van der Waals surface area contributed by atoms with Gasteiger partial charge in [0.25, 0.3) is 0 Å². The molecule has 0 aliphatic carbocycles. The third-order valence-electron chi connectivity index (χ3n) is 1.86. The predicted octanol–water partition coefficient (Wildman–Crippen LogP) is 1.82. The number of benzene rings is 1. The van der Waals surface area contributed by atoms with Gasteiger partial charge in [0.15, 0.2) is 0 Å². The van der Waals surface area contributed by atoms with Gasteiger partial charge in [0.2, 0.25) is 0 Å². The van der Waals surface area contributed by atoms with Crippen LogP contribution in [0, 0.1) is 29.1 Å². The molecular weight excluding hydrogens is 330 g/mol. The van der Waals surface area contributed by atoms with Gasteiger partial charge in [0, 0.05) is 0 Å². The summed E-state index contributed by atoms with van der Waals surface area (Å²) in [5.41, 5.74) is 0. The minimum absolute atomic E-state index is 0.193. The van der Waals surface area contributed by atoms with Crippen LogP contribution in [0.15, 0.2) is 0 Å². The fourth-order valence-electron chi connectivity index (χ4n) is 1.06. The zero-order chi connectivity index (χ0) is 14.1. The number of rotatable bonds is 4. The number of hydrogen-bond donors (Lipinski definition) is 0. The van der Waals surface area contributed by atoms with E-state index >= 15 is 0 Å². The van der Waals surface area contributed by atoms with Gasteiger partial charge in [0.05, 0.1) is 0 Å². The van der Waals surface area contributed by atoms with E-state index in [2.05, 4.69) is 3.82 Å². The van der Waals surface area contributed by atoms with Crippen LogP contribution in [0.25, 0.3) is 0 Å². The molecule has 9 heteroatoms. The summed E-state index contributed by atoms with van der Waals surface area (Å²) in [6, 6.07) is 0. The topological polar surface area (TPSA) is 43.4 Å². The first kappa shape index (κ1) is 15.0. The minimum atomic E-state index is -5.87. The van der Waals surface area contributed by atoms with Crippen molar-refractivity contribution in [1.29, 1.82) is 0 Å². The van der Waals surface area contributed by atoms with Gasteiger partial charge in [-0.3, -0.25) is 0 Å². The molecule has 0 unspecified atom stereocenters. The van der Waals surface area contributed by atoms with E-state index < -0.39 is 53.2 Å². The SMILES string of the molecule is CCCO[Se](=O)(=O)c1c(F)c(F)c(F)c(F)c1F. The summed E-state index contributed by atoms with van der Waals surface area (Å²) in [6.07, 6.45) is 0.193. The molecule has 1 aromatic carbocycles. The van der Waals surface area contributed by atoms with Crippen LogP contribution in [0.1, 0.15) is 13.3 Å². The molecule has 102 valence electrons. The number of hydrogen-bond acceptors (Lipinski definition) is 3. The maximum absolute atomic E-state index is 13.2. The second-order valence-electron chi connectivity index (χ2n) is 3.18. The Kier molecular flexibility index (Phi) is 4.41. The molecule has 0 aliphatic heterocycles. The van der Waals surface area contributed by atoms with E-state index in [1.165, 1.54) is 6.92 Å². The Hall–Kier alpha value is -1.05. The molecule has 0 fully saturated rings. The predicted molar refractivity (Wildman–Crippen MR) is 49.2 cm³/mol. The molecule has 0 spiro atoms. The zero-order valence-electron chi connectivity index (χ0n) is 8.94. The molecule has 1 aromatic rings. The summed E-state index contributed by atoms with van der Waals surface area (Å²) in [5, 5.41) is 0. The van der Waals surface area contributed by atoms with E-state index in [1.54, 1.807) is 0 Å². The monoisotopic (exact) mass is 338 g/mol. The van der Waals surface area contributed by atoms with Crippen LogP contribution in [-0.4, -0.2) is 19.6 Å². The van der Waals surface area contributed by atoms with Crippen molar-refractivity contribution in [2.75, 3.05) is 6.61 Å². The van der Waals surface area contributed by atoms with Crippen LogP contribution in [0.3, 0.4) is 0 Å². The third-order valence-corrected chi connectivity index (χ3v) is 4.66. The Morgan fingerprint density at radius 3 is 1.67 bits per heavy atom. The molecule has 0 bridgehead atoms. The van der Waals surface area contributed by atoms with Gasteiger partial charge in [-0.05, 0) is 0 Å². The molecule has 0 amide bonds. The van der Waals surface area contributed by atoms with Gasteiger partial charge in [-0.25, -0.2) is 0 Å². The van der Waals surface area contributed by atoms with Crippen molar-refractivity contribution in [2.45, 2.75) is 13.3 Å². The van der Waals surface area contributed by atoms with Crippen molar-refractivity contribution in [3.63, 3.8) is 0 Å². The summed E-state index contributed by atoms with van der Waals surface area (Å²) in [5.74, 6) is -11.9. The first-order valence-corrected chi connectivity index (χ1v) is 7.60. The van der Waals surface area contributed by atoms with E-state index in [-0.39, 0.29) is 6.42 Å². The Bertz CT molecular complexity index is 541. The standard InChI is InChI=1S/C9H7F5O3Se/c1-2-3-17-18(15,16)9-7(13)5(11)4(10)6(12)8(9)14/h2-3H2,1H3. The Labute approximate surface area is 101 Å². The molecule has 0 aromatic heterocycles. The van der Waals surface area contributed by atoms with Gasteiger partial charge in [-0.15, -0.1) is 0 Å². The molecule has 18 heavy (non-hydrogen) atoms. The van der Waals surface area contributed by atoms with E-state index in [0.717, 1.165) is 0 Å². The Morgan fingerprint density at radius 1 is 0.889 bits per heavy atom. The molecule has 0 N–H and O–H groups in total. The van der Waals surface area contributed by atoms with Crippen LogP contribution < -0.4 is 4.46 Å². The molecule has 0 saturated carbocycles. The normalized spacial score (nSPS) is 11.9. The zero-order valence-corrected chi connectivity index (χ0v) is 10.7. The third kappa shape index (κ3) is 2.52. The summed E-state index contributed by atoms with van der Waals surface area (Å²) in [4.78, 5) is 0. The summed E-state index contributed by atoms with van der Waals surface area (Å²) in [7, 11) is 0. The maximum atomic E-state index is 13.2. The second kappa shape index (κ2) is 5.29. The average Bonchev–Trinajstić information content (AvgIpc) is 2.31. The molecule has 1 rings (SSSR count). The van der Waals surface area contributed by atoms with Gasteiger partial charge in [0.1, 0.15) is 0 Å². The van der Waals surface area contributed by atoms with Crippen LogP contribution >= 0.6 is 0 Å². The molecule has 0 saturated heterocycles. The fourth-order valence-corrected chi connectivity index (χ4v) is 3.41. The van der Waals surface area contributed by atoms with E-state index in [0.29, 0.717) is 0 Å². The number of halogens is 5. The van der Waals surface area contributed by atoms with Crippen LogP contribution in [0.2, 0.25) is 0 Å². The molecule has 0 heterocycles. The van der Waals surface area contributed by atoms with Crippen molar-refractivity contribution in [2.24, 2.45) is 0 Å². The molecule has 3 nitrogen and oxygen atoms in total. The van der Waals surface area contributed by atoms with Crippen LogP contribution in [-0.2, 0) is 11.5 Å². The van der Waals surface area contributed by atoms with Gasteiger partial charge >= 0.3 is 100.0 Å². The fraction of sp³-hybridized carbons (Fsp3) is 0.333. The van der Waals surface area contributed by atoms with Crippen molar-refractivity contribution in [1.82, 2.24) is 0 Å². The Morgan fingerprint density at radius 2 is 1.28 bits per heavy atom. The van der Waals surface area contributed by atoms with Crippen LogP contribution in [0.5, 0.6) is 0 Å². The van der Waals surface area contributed by atoms with Gasteiger partial charge in [-0.2, -0.15) is 0 Å². The first-order chi connectivity index (χ1) is 8.24. The average molecular weight is 337 g/mol. The van der Waals surface area contributed by atoms with Crippen molar-refractivity contribution in [3.05, 3.63) is 29.1 Å². The Balaban J connectivity index is 3.52. The summed E-state index contributed by atoms with van der Waals surface area (Å²) < 4.78 is 89.6. The summed E-state index contributed by atoms with van der Waals surface area (Å²) in [6.45, 7) is 1.10. The van der Waals surface area contributed by atoms with Crippen molar-refractivity contribution in [3.8, 4) is 0 Å². The van der Waals surface area contributed by atoms with Crippen molar-refractivity contribution < 1.29 is 33.4 Å². The molecular formula is C9H7F5O3Se. The quantitative estimate of drug-likeness (QED) is 0.364.